The van der Waals surface area contributed by atoms with E-state index in [-0.39, 0.29) is 18.8 Å². The molecule has 0 bridgehead atoms. The molecule has 2 N–H and O–H groups in total. The maximum Gasteiger partial charge on any atom is 0.420 e. The highest BCUT2D eigenvalue weighted by atomic mass is 35.5. The van der Waals surface area contributed by atoms with Crippen molar-refractivity contribution < 1.29 is 42.0 Å². The first-order chi connectivity index (χ1) is 20.4. The normalized spacial score (nSPS) is 13.2. The molecule has 0 spiro atoms. The Morgan fingerprint density at radius 2 is 1.77 bits per heavy atom. The molecule has 0 aromatic heterocycles. The maximum atomic E-state index is 13.9. The average Bonchev–Trinajstić information content (AvgIpc) is 3.39. The first kappa shape index (κ1) is 31.7. The highest BCUT2D eigenvalue weighted by Gasteiger charge is 2.38. The second kappa shape index (κ2) is 13.4. The summed E-state index contributed by atoms with van der Waals surface area (Å²) in [5.74, 6) is 0.204. The zero-order chi connectivity index (χ0) is 31.3. The Balaban J connectivity index is 1.74. The summed E-state index contributed by atoms with van der Waals surface area (Å²) in [6, 6.07) is 12.0. The number of carbonyl (C=O) groups is 1. The van der Waals surface area contributed by atoms with E-state index in [0.29, 0.717) is 69.9 Å². The van der Waals surface area contributed by atoms with Gasteiger partial charge in [0.1, 0.15) is 23.0 Å². The zero-order valence-corrected chi connectivity index (χ0v) is 24.6. The summed E-state index contributed by atoms with van der Waals surface area (Å²) in [5, 5.41) is 12.8. The van der Waals surface area contributed by atoms with Crippen LogP contribution >= 0.6 is 11.6 Å². The molecule has 0 fully saturated rings. The number of carboxylic acid groups (broad SMARTS) is 1. The number of hydrogen-bond acceptors (Lipinski definition) is 7. The molecule has 230 valence electrons. The van der Waals surface area contributed by atoms with E-state index in [4.69, 9.17) is 35.7 Å². The minimum atomic E-state index is -4.62. The van der Waals surface area contributed by atoms with Crippen LogP contribution in [-0.2, 0) is 17.4 Å². The Hall–Kier alpha value is -4.25. The molecular weight excluding hydrogens is 589 g/mol. The Bertz CT molecular complexity index is 1500. The number of nitrogens with one attached hydrogen (secondary N) is 1. The number of nitrogens with zero attached hydrogens (tertiary/aromatic N) is 1. The van der Waals surface area contributed by atoms with Crippen molar-refractivity contribution in [3.63, 3.8) is 0 Å². The minimum Gasteiger partial charge on any atom is -0.497 e. The van der Waals surface area contributed by atoms with Gasteiger partial charge in [-0.3, -0.25) is 4.79 Å². The number of rotatable bonds is 13. The molecule has 0 saturated heterocycles. The second-order valence-corrected chi connectivity index (χ2v) is 10.2. The first-order valence-electron chi connectivity index (χ1n) is 13.3. The van der Waals surface area contributed by atoms with E-state index in [1.807, 2.05) is 0 Å². The molecule has 1 heterocycles. The lowest BCUT2D eigenvalue weighted by Gasteiger charge is -2.32. The molecule has 4 rings (SSSR count). The standard InChI is InChI=1S/C31H32ClF3N2O6/c1-18(37-10-9-19-12-28(42-4)25(17-26(19)37)31(33,34)35)30(24-8-7-20(32)13-27(24)41-3)36-21-14-22(40-2)16-23(15-21)43-11-5-6-29(38)39/h7-8,12-17,30,36H,1,5-6,9-11H2,2-4H3,(H,38,39). The van der Waals surface area contributed by atoms with Crippen molar-refractivity contribution in [1.82, 2.24) is 0 Å². The van der Waals surface area contributed by atoms with E-state index >= 15 is 0 Å². The smallest absolute Gasteiger partial charge is 0.420 e. The number of anilines is 2. The van der Waals surface area contributed by atoms with Gasteiger partial charge in [0.25, 0.3) is 0 Å². The molecule has 0 amide bonds. The molecular formula is C31H32ClF3N2O6. The van der Waals surface area contributed by atoms with Crippen molar-refractivity contribution in [2.24, 2.45) is 0 Å². The molecule has 1 atom stereocenters. The third-order valence-corrected chi connectivity index (χ3v) is 7.25. The highest BCUT2D eigenvalue weighted by Crippen LogP contribution is 2.45. The topological polar surface area (TPSA) is 89.5 Å². The van der Waals surface area contributed by atoms with Crippen LogP contribution in [0, 0.1) is 0 Å². The van der Waals surface area contributed by atoms with Gasteiger partial charge in [-0.05, 0) is 42.7 Å². The molecule has 3 aromatic carbocycles. The summed E-state index contributed by atoms with van der Waals surface area (Å²) >= 11 is 6.24. The van der Waals surface area contributed by atoms with E-state index in [1.54, 1.807) is 41.3 Å². The van der Waals surface area contributed by atoms with E-state index in [2.05, 4.69) is 11.9 Å². The molecule has 8 nitrogen and oxygen atoms in total. The van der Waals surface area contributed by atoms with Gasteiger partial charge in [-0.2, -0.15) is 13.2 Å². The summed E-state index contributed by atoms with van der Waals surface area (Å²) < 4.78 is 63.7. The summed E-state index contributed by atoms with van der Waals surface area (Å²) in [5.41, 5.74) is 1.86. The van der Waals surface area contributed by atoms with Gasteiger partial charge in [-0.25, -0.2) is 0 Å². The van der Waals surface area contributed by atoms with Gasteiger partial charge in [0, 0.05) is 58.8 Å². The maximum absolute atomic E-state index is 13.9. The van der Waals surface area contributed by atoms with Crippen LogP contribution in [0.25, 0.3) is 0 Å². The fourth-order valence-corrected chi connectivity index (χ4v) is 5.12. The number of aliphatic carboxylic acids is 1. The zero-order valence-electron chi connectivity index (χ0n) is 23.9. The van der Waals surface area contributed by atoms with Crippen molar-refractivity contribution in [2.45, 2.75) is 31.5 Å². The van der Waals surface area contributed by atoms with Crippen molar-refractivity contribution in [1.29, 1.82) is 0 Å². The number of carboxylic acids is 1. The molecule has 0 radical (unpaired) electrons. The lowest BCUT2D eigenvalue weighted by molar-refractivity contribution is -0.139. The highest BCUT2D eigenvalue weighted by molar-refractivity contribution is 6.30. The van der Waals surface area contributed by atoms with E-state index in [0.717, 1.165) is 6.07 Å². The van der Waals surface area contributed by atoms with Gasteiger partial charge in [0.05, 0.1) is 39.5 Å². The molecule has 1 unspecified atom stereocenters. The Labute approximate surface area is 252 Å². The van der Waals surface area contributed by atoms with Crippen molar-refractivity contribution in [2.75, 3.05) is 44.7 Å². The minimum absolute atomic E-state index is 0.0351. The average molecular weight is 621 g/mol. The van der Waals surface area contributed by atoms with Crippen LogP contribution in [0.5, 0.6) is 23.0 Å². The molecule has 43 heavy (non-hydrogen) atoms. The fraction of sp³-hybridized carbons (Fsp3) is 0.323. The van der Waals surface area contributed by atoms with Crippen molar-refractivity contribution in [3.05, 3.63) is 82.5 Å². The van der Waals surface area contributed by atoms with Gasteiger partial charge in [0.15, 0.2) is 0 Å². The van der Waals surface area contributed by atoms with Gasteiger partial charge in [0.2, 0.25) is 0 Å². The van der Waals surface area contributed by atoms with Gasteiger partial charge >= 0.3 is 12.1 Å². The van der Waals surface area contributed by atoms with Crippen LogP contribution in [0.1, 0.15) is 35.6 Å². The Kier molecular flexibility index (Phi) is 9.85. The largest absolute Gasteiger partial charge is 0.497 e. The predicted molar refractivity (Wildman–Crippen MR) is 158 cm³/mol. The molecule has 0 saturated carbocycles. The molecule has 1 aliphatic rings. The monoisotopic (exact) mass is 620 g/mol. The van der Waals surface area contributed by atoms with Crippen molar-refractivity contribution >= 4 is 28.9 Å². The van der Waals surface area contributed by atoms with Gasteiger partial charge < -0.3 is 34.3 Å². The lowest BCUT2D eigenvalue weighted by Crippen LogP contribution is -2.28. The molecule has 1 aliphatic heterocycles. The van der Waals surface area contributed by atoms with Crippen LogP contribution in [0.3, 0.4) is 0 Å². The molecule has 12 heteroatoms. The molecule has 3 aromatic rings. The summed E-state index contributed by atoms with van der Waals surface area (Å²) in [7, 11) is 4.21. The van der Waals surface area contributed by atoms with E-state index < -0.39 is 23.8 Å². The number of ether oxygens (including phenoxy) is 4. The third kappa shape index (κ3) is 7.40. The predicted octanol–water partition coefficient (Wildman–Crippen LogP) is 7.36. The molecule has 0 aliphatic carbocycles. The fourth-order valence-electron chi connectivity index (χ4n) is 4.96. The number of hydrogen-bond donors (Lipinski definition) is 2. The van der Waals surface area contributed by atoms with Crippen LogP contribution < -0.4 is 29.2 Å². The number of fused-ring (bicyclic) bond motifs is 1. The quantitative estimate of drug-likeness (QED) is 0.192. The lowest BCUT2D eigenvalue weighted by atomic mass is 10.0. The summed E-state index contributed by atoms with van der Waals surface area (Å²) in [6.07, 6.45) is -3.85. The van der Waals surface area contributed by atoms with Gasteiger partial charge in [-0.15, -0.1) is 0 Å². The van der Waals surface area contributed by atoms with Crippen LogP contribution in [0.4, 0.5) is 24.5 Å². The third-order valence-electron chi connectivity index (χ3n) is 7.02. The number of methoxy groups -OCH3 is 3. The van der Waals surface area contributed by atoms with Crippen LogP contribution in [0.15, 0.2) is 60.8 Å². The van der Waals surface area contributed by atoms with Crippen molar-refractivity contribution in [3.8, 4) is 23.0 Å². The van der Waals surface area contributed by atoms with Crippen LogP contribution in [0.2, 0.25) is 5.02 Å². The SMILES string of the molecule is C=C(C(Nc1cc(OC)cc(OCCCC(=O)O)c1)c1ccc(Cl)cc1OC)N1CCc2cc(OC)c(C(F)(F)F)cc21. The summed E-state index contributed by atoms with van der Waals surface area (Å²) in [6.45, 7) is 4.90. The van der Waals surface area contributed by atoms with Crippen LogP contribution in [-0.4, -0.2) is 45.6 Å². The number of alkyl halides is 3. The summed E-state index contributed by atoms with van der Waals surface area (Å²) in [4.78, 5) is 12.6. The van der Waals surface area contributed by atoms with Gasteiger partial charge in [-0.1, -0.05) is 24.2 Å². The second-order valence-electron chi connectivity index (χ2n) is 9.78. The Morgan fingerprint density at radius 1 is 1.05 bits per heavy atom. The Morgan fingerprint density at radius 3 is 2.42 bits per heavy atom. The van der Waals surface area contributed by atoms with E-state index in [1.165, 1.54) is 27.4 Å². The van der Waals surface area contributed by atoms with E-state index in [9.17, 15) is 18.0 Å². The number of halogens is 4. The first-order valence-corrected chi connectivity index (χ1v) is 13.7. The number of benzene rings is 3.